The maximum atomic E-state index is 12.7. The predicted octanol–water partition coefficient (Wildman–Crippen LogP) is 12.4. The van der Waals surface area contributed by atoms with Crippen LogP contribution < -0.4 is 0 Å². The highest BCUT2D eigenvalue weighted by Crippen LogP contribution is 2.36. The van der Waals surface area contributed by atoms with Gasteiger partial charge in [0.1, 0.15) is 0 Å². The fourth-order valence-corrected chi connectivity index (χ4v) is 4.57. The van der Waals surface area contributed by atoms with Gasteiger partial charge in [-0.2, -0.15) is 0 Å². The van der Waals surface area contributed by atoms with Crippen molar-refractivity contribution < 1.29 is 9.90 Å². The van der Waals surface area contributed by atoms with Crippen molar-refractivity contribution in [3.63, 3.8) is 0 Å². The van der Waals surface area contributed by atoms with Gasteiger partial charge < -0.3 is 5.11 Å². The molecule has 2 heteroatoms. The quantitative estimate of drug-likeness (QED) is 0.0780. The molecule has 0 atom stereocenters. The first kappa shape index (κ1) is 37.6. The van der Waals surface area contributed by atoms with E-state index in [1.54, 1.807) is 0 Å². The largest absolute Gasteiger partial charge is 0.481 e. The van der Waals surface area contributed by atoms with Crippen LogP contribution in [0, 0.1) is 5.41 Å². The van der Waals surface area contributed by atoms with Gasteiger partial charge in [-0.15, -0.1) is 0 Å². The van der Waals surface area contributed by atoms with E-state index in [2.05, 4.69) is 109 Å². The fraction of sp³-hybridized carbons (Fsp3) is 0.605. The van der Waals surface area contributed by atoms with E-state index in [-0.39, 0.29) is 0 Å². The summed E-state index contributed by atoms with van der Waals surface area (Å²) in [4.78, 5) is 12.7. The molecule has 0 rings (SSSR count). The van der Waals surface area contributed by atoms with Gasteiger partial charge in [0.2, 0.25) is 0 Å². The van der Waals surface area contributed by atoms with Crippen molar-refractivity contribution in [2.75, 3.05) is 0 Å². The van der Waals surface area contributed by atoms with Crippen molar-refractivity contribution in [2.24, 2.45) is 5.41 Å². The Bertz CT molecular complexity index is 840. The molecule has 0 amide bonds. The van der Waals surface area contributed by atoms with Gasteiger partial charge in [-0.1, -0.05) is 122 Å². The molecule has 0 unspecified atom stereocenters. The minimum atomic E-state index is -0.717. The molecule has 0 saturated carbocycles. The molecule has 0 saturated heterocycles. The third kappa shape index (κ3) is 21.5. The van der Waals surface area contributed by atoms with E-state index in [1.807, 2.05) is 0 Å². The van der Waals surface area contributed by atoms with Crippen molar-refractivity contribution in [1.29, 1.82) is 0 Å². The molecule has 0 heterocycles. The van der Waals surface area contributed by atoms with Crippen molar-refractivity contribution in [3.8, 4) is 0 Å². The van der Waals surface area contributed by atoms with Crippen LogP contribution in [-0.2, 0) is 4.79 Å². The smallest absolute Gasteiger partial charge is 0.310 e. The summed E-state index contributed by atoms with van der Waals surface area (Å²) in [5.41, 5.74) is 4.55. The molecule has 0 aromatic rings. The lowest BCUT2D eigenvalue weighted by Gasteiger charge is -2.28. The summed E-state index contributed by atoms with van der Waals surface area (Å²) in [7, 11) is 0. The molecule has 0 aliphatic heterocycles. The predicted molar refractivity (Wildman–Crippen MR) is 179 cm³/mol. The Morgan fingerprint density at radius 3 is 1.52 bits per heavy atom. The molecule has 0 spiro atoms. The number of allylic oxidation sites excluding steroid dienone is 14. The standard InChI is InChI=1S/C38H62O2/c1-8-9-10-11-12-13-14-15-16-17-18-19-20-21-30-38(37(39)40,31-28-35(6)26-22-24-33(2)3)32-29-36(7)27-23-25-34(4)5/h11-16,24-25,28-29H,8-10,17-23,26-27,30-32H2,1-7H3,(H,39,40). The summed E-state index contributed by atoms with van der Waals surface area (Å²) >= 11 is 0. The maximum absolute atomic E-state index is 12.7. The van der Waals surface area contributed by atoms with E-state index in [4.69, 9.17) is 0 Å². The number of rotatable bonds is 23. The molecule has 0 bridgehead atoms. The van der Waals surface area contributed by atoms with Crippen LogP contribution in [0.1, 0.15) is 145 Å². The zero-order valence-electron chi connectivity index (χ0n) is 27.2. The third-order valence-electron chi connectivity index (χ3n) is 7.42. The Morgan fingerprint density at radius 2 is 1.07 bits per heavy atom. The van der Waals surface area contributed by atoms with Gasteiger partial charge >= 0.3 is 5.97 Å². The zero-order valence-corrected chi connectivity index (χ0v) is 27.2. The molecule has 0 aliphatic carbocycles. The summed E-state index contributed by atoms with van der Waals surface area (Å²) in [6.45, 7) is 15.0. The second-order valence-electron chi connectivity index (χ2n) is 12.1. The Labute approximate surface area is 248 Å². The summed E-state index contributed by atoms with van der Waals surface area (Å²) in [6.07, 6.45) is 37.0. The number of aliphatic carboxylic acids is 1. The number of carboxylic acids is 1. The molecule has 1 N–H and O–H groups in total. The van der Waals surface area contributed by atoms with Gasteiger partial charge in [-0.25, -0.2) is 0 Å². The molecular weight excluding hydrogens is 488 g/mol. The average molecular weight is 551 g/mol. The Balaban J connectivity index is 5.02. The molecule has 2 nitrogen and oxygen atoms in total. The van der Waals surface area contributed by atoms with Crippen molar-refractivity contribution >= 4 is 5.97 Å². The second kappa shape index (κ2) is 24.4. The summed E-state index contributed by atoms with van der Waals surface area (Å²) < 4.78 is 0. The Morgan fingerprint density at radius 1 is 0.600 bits per heavy atom. The maximum Gasteiger partial charge on any atom is 0.310 e. The Hall–Kier alpha value is -2.35. The van der Waals surface area contributed by atoms with Crippen LogP contribution >= 0.6 is 0 Å². The summed E-state index contributed by atoms with van der Waals surface area (Å²) in [5.74, 6) is -0.646. The molecule has 0 aromatic heterocycles. The second-order valence-corrected chi connectivity index (χ2v) is 12.1. The monoisotopic (exact) mass is 550 g/mol. The molecule has 0 aliphatic rings. The van der Waals surface area contributed by atoms with Gasteiger partial charge in [0, 0.05) is 0 Å². The van der Waals surface area contributed by atoms with Crippen LogP contribution in [0.2, 0.25) is 0 Å². The summed E-state index contributed by atoms with van der Waals surface area (Å²) in [6, 6.07) is 0. The first-order valence-electron chi connectivity index (χ1n) is 15.9. The minimum Gasteiger partial charge on any atom is -0.481 e. The molecule has 0 aromatic carbocycles. The first-order chi connectivity index (χ1) is 19.1. The van der Waals surface area contributed by atoms with Crippen molar-refractivity contribution in [2.45, 2.75) is 145 Å². The average Bonchev–Trinajstić information content (AvgIpc) is 2.89. The van der Waals surface area contributed by atoms with E-state index >= 15 is 0 Å². The lowest BCUT2D eigenvalue weighted by Crippen LogP contribution is -2.30. The topological polar surface area (TPSA) is 37.3 Å². The first-order valence-corrected chi connectivity index (χ1v) is 15.9. The van der Waals surface area contributed by atoms with Crippen LogP contribution in [0.15, 0.2) is 83.1 Å². The lowest BCUT2D eigenvalue weighted by molar-refractivity contribution is -0.149. The van der Waals surface area contributed by atoms with E-state index in [0.717, 1.165) is 70.6 Å². The number of unbranched alkanes of at least 4 members (excludes halogenated alkanes) is 6. The van der Waals surface area contributed by atoms with Crippen molar-refractivity contribution in [1.82, 2.24) is 0 Å². The van der Waals surface area contributed by atoms with E-state index < -0.39 is 11.4 Å². The van der Waals surface area contributed by atoms with Crippen molar-refractivity contribution in [3.05, 3.63) is 83.1 Å². The molecule has 226 valence electrons. The van der Waals surface area contributed by atoms with Crippen LogP contribution in [0.4, 0.5) is 0 Å². The van der Waals surface area contributed by atoms with Crippen LogP contribution in [-0.4, -0.2) is 11.1 Å². The van der Waals surface area contributed by atoms with Gasteiger partial charge in [0.25, 0.3) is 0 Å². The third-order valence-corrected chi connectivity index (χ3v) is 7.42. The van der Waals surface area contributed by atoms with Crippen LogP contribution in [0.25, 0.3) is 0 Å². The van der Waals surface area contributed by atoms with E-state index in [9.17, 15) is 9.90 Å². The van der Waals surface area contributed by atoms with Gasteiger partial charge in [-0.05, 0) is 106 Å². The number of hydrogen-bond donors (Lipinski definition) is 1. The van der Waals surface area contributed by atoms with Crippen LogP contribution in [0.3, 0.4) is 0 Å². The molecule has 40 heavy (non-hydrogen) atoms. The van der Waals surface area contributed by atoms with E-state index in [1.165, 1.54) is 35.1 Å². The van der Waals surface area contributed by atoms with Gasteiger partial charge in [0.05, 0.1) is 5.41 Å². The van der Waals surface area contributed by atoms with Gasteiger partial charge in [0.15, 0.2) is 0 Å². The minimum absolute atomic E-state index is 0.614. The van der Waals surface area contributed by atoms with E-state index in [0.29, 0.717) is 12.8 Å². The molecular formula is C38H62O2. The highest BCUT2D eigenvalue weighted by atomic mass is 16.4. The SMILES string of the molecule is CCCCC=CC=CC=CCCCCCCC(CC=C(C)CCC=C(C)C)(CC=C(C)CCC=C(C)C)C(=O)O. The zero-order chi connectivity index (χ0) is 30.1. The Kier molecular flexibility index (Phi) is 23.0. The van der Waals surface area contributed by atoms with Gasteiger partial charge in [-0.3, -0.25) is 4.79 Å². The summed E-state index contributed by atoms with van der Waals surface area (Å²) in [5, 5.41) is 10.5. The number of carboxylic acid groups (broad SMARTS) is 1. The highest BCUT2D eigenvalue weighted by Gasteiger charge is 2.36. The fourth-order valence-electron chi connectivity index (χ4n) is 4.57. The lowest BCUT2D eigenvalue weighted by atomic mass is 9.75. The molecule has 0 fully saturated rings. The number of hydrogen-bond acceptors (Lipinski definition) is 1. The van der Waals surface area contributed by atoms with Crippen LogP contribution in [0.5, 0.6) is 0 Å². The normalized spacial score (nSPS) is 14.3. The molecule has 0 radical (unpaired) electrons. The highest BCUT2D eigenvalue weighted by molar-refractivity contribution is 5.75. The number of carbonyl (C=O) groups is 1.